The molecule has 0 atom stereocenters. The molecule has 1 rings (SSSR count). The molecule has 1 N–H and O–H groups in total. The number of nitrogens with zero attached hydrogens (tertiary/aromatic N) is 1. The lowest BCUT2D eigenvalue weighted by Crippen LogP contribution is -2.25. The molecule has 1 heterocycles. The molecular formula is C5H7ClN2O2S. The molecule has 4 nitrogen and oxygen atoms in total. The van der Waals surface area contributed by atoms with Gasteiger partial charge >= 0.3 is 0 Å². The van der Waals surface area contributed by atoms with Crippen LogP contribution in [-0.4, -0.2) is 26.4 Å². The van der Waals surface area contributed by atoms with Crippen LogP contribution in [0, 0.1) is 0 Å². The fourth-order valence-corrected chi connectivity index (χ4v) is 1.66. The smallest absolute Gasteiger partial charge is 0.238 e. The van der Waals surface area contributed by atoms with Crippen LogP contribution in [0.25, 0.3) is 0 Å². The first-order chi connectivity index (χ1) is 5.08. The van der Waals surface area contributed by atoms with Crippen LogP contribution in [-0.2, 0) is 9.05 Å². The molecule has 0 amide bonds. The lowest BCUT2D eigenvalue weighted by atomic mass is 10.4. The summed E-state index contributed by atoms with van der Waals surface area (Å²) in [6.45, 7) is 0.447. The summed E-state index contributed by atoms with van der Waals surface area (Å²) >= 11 is 0. The highest BCUT2D eigenvalue weighted by molar-refractivity contribution is 8.14. The maximum atomic E-state index is 10.5. The van der Waals surface area contributed by atoms with Crippen LogP contribution in [0.4, 0.5) is 0 Å². The van der Waals surface area contributed by atoms with Gasteiger partial charge in [0.2, 0.25) is 9.05 Å². The van der Waals surface area contributed by atoms with Gasteiger partial charge in [-0.2, -0.15) is 0 Å². The Morgan fingerprint density at radius 3 is 2.91 bits per heavy atom. The van der Waals surface area contributed by atoms with E-state index < -0.39 is 9.05 Å². The predicted octanol–water partition coefficient (Wildman–Crippen LogP) is 0.0704. The van der Waals surface area contributed by atoms with Crippen LogP contribution in [0.2, 0.25) is 0 Å². The van der Waals surface area contributed by atoms with Gasteiger partial charge in [0, 0.05) is 23.1 Å². The summed E-state index contributed by atoms with van der Waals surface area (Å²) in [6.07, 6.45) is 3.14. The molecule has 0 fully saturated rings. The van der Waals surface area contributed by atoms with Gasteiger partial charge in [-0.1, -0.05) is 0 Å². The molecule has 0 bridgehead atoms. The van der Waals surface area contributed by atoms with Crippen LogP contribution in [0.5, 0.6) is 0 Å². The molecule has 0 aromatic carbocycles. The summed E-state index contributed by atoms with van der Waals surface area (Å²) in [6, 6.07) is 0. The van der Waals surface area contributed by atoms with Gasteiger partial charge in [0.25, 0.3) is 0 Å². The quantitative estimate of drug-likeness (QED) is 0.633. The van der Waals surface area contributed by atoms with Crippen molar-refractivity contribution >= 4 is 25.4 Å². The average molecular weight is 195 g/mol. The zero-order chi connectivity index (χ0) is 8.32. The first kappa shape index (κ1) is 8.55. The molecule has 1 aliphatic rings. The van der Waals surface area contributed by atoms with E-state index in [-0.39, 0.29) is 5.75 Å². The Balaban J connectivity index is 2.63. The summed E-state index contributed by atoms with van der Waals surface area (Å²) in [7, 11) is 1.55. The molecule has 0 aromatic heterocycles. The Hall–Kier alpha value is -0.550. The number of nitrogens with one attached hydrogen (secondary N) is 1. The van der Waals surface area contributed by atoms with E-state index in [2.05, 4.69) is 10.3 Å². The van der Waals surface area contributed by atoms with E-state index in [1.54, 1.807) is 6.20 Å². The van der Waals surface area contributed by atoms with E-state index in [0.717, 1.165) is 0 Å². The predicted molar refractivity (Wildman–Crippen MR) is 44.2 cm³/mol. The van der Waals surface area contributed by atoms with Crippen molar-refractivity contribution in [2.75, 3.05) is 12.3 Å². The van der Waals surface area contributed by atoms with E-state index in [4.69, 9.17) is 10.7 Å². The molecule has 6 heteroatoms. The van der Waals surface area contributed by atoms with Gasteiger partial charge < -0.3 is 5.32 Å². The first-order valence-corrected chi connectivity index (χ1v) is 5.42. The van der Waals surface area contributed by atoms with Crippen molar-refractivity contribution in [3.63, 3.8) is 0 Å². The zero-order valence-electron chi connectivity index (χ0n) is 5.62. The van der Waals surface area contributed by atoms with Gasteiger partial charge in [-0.25, -0.2) is 8.42 Å². The molecule has 0 spiro atoms. The first-order valence-electron chi connectivity index (χ1n) is 2.94. The minimum atomic E-state index is -3.46. The second-order valence-corrected chi connectivity index (χ2v) is 4.85. The lowest BCUT2D eigenvalue weighted by Gasteiger charge is -2.06. The molecule has 0 saturated heterocycles. The summed E-state index contributed by atoms with van der Waals surface area (Å²) in [4.78, 5) is 3.82. The third kappa shape index (κ3) is 3.38. The Morgan fingerprint density at radius 2 is 2.45 bits per heavy atom. The standard InChI is InChI=1S/C5H7ClN2O2S/c6-11(9,10)4-5-3-7-1-2-8-5/h1-2,7H,3-4H2. The third-order valence-electron chi connectivity index (χ3n) is 1.09. The van der Waals surface area contributed by atoms with E-state index >= 15 is 0 Å². The van der Waals surface area contributed by atoms with Gasteiger partial charge in [0.05, 0.1) is 12.3 Å². The monoisotopic (exact) mass is 194 g/mol. The number of hydrogen-bond donors (Lipinski definition) is 1. The Morgan fingerprint density at radius 1 is 1.73 bits per heavy atom. The minimum Gasteiger partial charge on any atom is -0.384 e. The number of halogens is 1. The second kappa shape index (κ2) is 3.23. The maximum Gasteiger partial charge on any atom is 0.238 e. The third-order valence-corrected chi connectivity index (χ3v) is 2.10. The highest BCUT2D eigenvalue weighted by Crippen LogP contribution is 1.99. The van der Waals surface area contributed by atoms with Crippen molar-refractivity contribution < 1.29 is 8.42 Å². The summed E-state index contributed by atoms with van der Waals surface area (Å²) in [5.74, 6) is -0.189. The topological polar surface area (TPSA) is 58.5 Å². The largest absolute Gasteiger partial charge is 0.384 e. The van der Waals surface area contributed by atoms with Crippen LogP contribution in [0.15, 0.2) is 17.4 Å². The zero-order valence-corrected chi connectivity index (χ0v) is 7.19. The molecule has 62 valence electrons. The molecule has 11 heavy (non-hydrogen) atoms. The molecule has 0 saturated carbocycles. The number of aliphatic imine (C=N–C) groups is 1. The van der Waals surface area contributed by atoms with Crippen LogP contribution >= 0.6 is 10.7 Å². The minimum absolute atomic E-state index is 0.189. The maximum absolute atomic E-state index is 10.5. The van der Waals surface area contributed by atoms with Crippen molar-refractivity contribution in [2.24, 2.45) is 4.99 Å². The molecule has 0 unspecified atom stereocenters. The van der Waals surface area contributed by atoms with Crippen LogP contribution in [0.1, 0.15) is 0 Å². The molecule has 1 aliphatic heterocycles. The van der Waals surface area contributed by atoms with Crippen molar-refractivity contribution in [3.05, 3.63) is 12.4 Å². The van der Waals surface area contributed by atoms with E-state index in [9.17, 15) is 8.42 Å². The van der Waals surface area contributed by atoms with Gasteiger partial charge in [-0.15, -0.1) is 0 Å². The average Bonchev–Trinajstić information content (AvgIpc) is 1.85. The molecule has 0 radical (unpaired) electrons. The highest BCUT2D eigenvalue weighted by Gasteiger charge is 2.11. The van der Waals surface area contributed by atoms with E-state index in [1.165, 1.54) is 6.20 Å². The normalized spacial score (nSPS) is 17.4. The van der Waals surface area contributed by atoms with Crippen molar-refractivity contribution in [1.82, 2.24) is 5.32 Å². The van der Waals surface area contributed by atoms with Crippen LogP contribution < -0.4 is 5.32 Å². The Kier molecular flexibility index (Phi) is 2.51. The van der Waals surface area contributed by atoms with E-state index in [0.29, 0.717) is 12.3 Å². The van der Waals surface area contributed by atoms with Gasteiger partial charge in [-0.3, -0.25) is 4.99 Å². The number of rotatable bonds is 2. The van der Waals surface area contributed by atoms with Gasteiger partial charge in [0.1, 0.15) is 5.75 Å². The van der Waals surface area contributed by atoms with Crippen LogP contribution in [0.3, 0.4) is 0 Å². The second-order valence-electron chi connectivity index (χ2n) is 2.08. The van der Waals surface area contributed by atoms with E-state index in [1.807, 2.05) is 0 Å². The fourth-order valence-electron chi connectivity index (χ4n) is 0.705. The molecular weight excluding hydrogens is 188 g/mol. The SMILES string of the molecule is O=S(=O)(Cl)CC1=NC=CNC1. The summed E-state index contributed by atoms with van der Waals surface area (Å²) < 4.78 is 21.1. The fraction of sp³-hybridized carbons (Fsp3) is 0.400. The lowest BCUT2D eigenvalue weighted by molar-refractivity contribution is 0.612. The molecule has 0 aliphatic carbocycles. The van der Waals surface area contributed by atoms with Crippen molar-refractivity contribution in [2.45, 2.75) is 0 Å². The van der Waals surface area contributed by atoms with Crippen molar-refractivity contribution in [1.29, 1.82) is 0 Å². The molecule has 0 aromatic rings. The van der Waals surface area contributed by atoms with Crippen molar-refractivity contribution in [3.8, 4) is 0 Å². The summed E-state index contributed by atoms with van der Waals surface area (Å²) in [5, 5.41) is 2.82. The summed E-state index contributed by atoms with van der Waals surface area (Å²) in [5.41, 5.74) is 0.530. The Labute approximate surface area is 69.4 Å². The van der Waals surface area contributed by atoms with Gasteiger partial charge in [-0.05, 0) is 0 Å². The Bertz CT molecular complexity index is 294. The number of hydrogen-bond acceptors (Lipinski definition) is 4. The van der Waals surface area contributed by atoms with Gasteiger partial charge in [0.15, 0.2) is 0 Å². The highest BCUT2D eigenvalue weighted by atomic mass is 35.7.